The van der Waals surface area contributed by atoms with Crippen LogP contribution in [0.2, 0.25) is 0 Å². The zero-order valence-corrected chi connectivity index (χ0v) is 25.2. The molecule has 1 heteroatoms. The summed E-state index contributed by atoms with van der Waals surface area (Å²) in [6, 6.07) is 0. The Morgan fingerprint density at radius 2 is 0.676 bits per heavy atom. The Kier molecular flexibility index (Phi) is 31.4. The van der Waals surface area contributed by atoms with Crippen molar-refractivity contribution in [3.63, 3.8) is 0 Å². The highest BCUT2D eigenvalue weighted by Gasteiger charge is 2.01. The molecule has 0 fully saturated rings. The Morgan fingerprint density at radius 3 is 1.11 bits per heavy atom. The predicted octanol–water partition coefficient (Wildman–Crippen LogP) is 12.6. The van der Waals surface area contributed by atoms with E-state index in [2.05, 4.69) is 62.5 Å². The van der Waals surface area contributed by atoms with Gasteiger partial charge in [-0.1, -0.05) is 152 Å². The number of ketones is 1. The van der Waals surface area contributed by atoms with Crippen molar-refractivity contribution in [1.29, 1.82) is 0 Å². The number of unbranched alkanes of at least 4 members (excludes halogenated alkanes) is 17. The molecule has 0 amide bonds. The topological polar surface area (TPSA) is 17.1 Å². The number of allylic oxidation sites excluding steroid dienone is 8. The maximum Gasteiger partial charge on any atom is 0.132 e. The van der Waals surface area contributed by atoms with Crippen molar-refractivity contribution in [3.05, 3.63) is 48.6 Å². The molecule has 0 heterocycles. The van der Waals surface area contributed by atoms with Gasteiger partial charge in [-0.2, -0.15) is 0 Å². The Hall–Kier alpha value is -1.37. The van der Waals surface area contributed by atoms with E-state index in [0.29, 0.717) is 5.78 Å². The second-order valence-electron chi connectivity index (χ2n) is 10.9. The fraction of sp³-hybridized carbons (Fsp3) is 0.750. The first kappa shape index (κ1) is 35.6. The number of Topliss-reactive ketones (excluding diaryl/α,β-unsaturated/α-hetero) is 1. The molecule has 0 atom stereocenters. The molecule has 0 aromatic carbocycles. The fourth-order valence-corrected chi connectivity index (χ4v) is 4.61. The summed E-state index contributed by atoms with van der Waals surface area (Å²) in [4.78, 5) is 12.1. The molecule has 0 bridgehead atoms. The van der Waals surface area contributed by atoms with Crippen LogP contribution in [-0.2, 0) is 4.79 Å². The van der Waals surface area contributed by atoms with Crippen molar-refractivity contribution in [3.8, 4) is 0 Å². The van der Waals surface area contributed by atoms with Crippen molar-refractivity contribution in [2.75, 3.05) is 0 Å². The molecule has 0 radical (unpaired) electrons. The Bertz CT molecular complexity index is 565. The van der Waals surface area contributed by atoms with Crippen LogP contribution in [0.4, 0.5) is 0 Å². The minimum absolute atomic E-state index is 0.482. The van der Waals surface area contributed by atoms with E-state index in [1.54, 1.807) is 0 Å². The zero-order chi connectivity index (χ0) is 26.9. The van der Waals surface area contributed by atoms with Crippen LogP contribution < -0.4 is 0 Å². The average molecular weight is 513 g/mol. The number of carbonyl (C=O) groups is 1. The van der Waals surface area contributed by atoms with Gasteiger partial charge in [-0.05, 0) is 57.8 Å². The normalized spacial score (nSPS) is 12.3. The van der Waals surface area contributed by atoms with Crippen molar-refractivity contribution >= 4 is 5.78 Å². The van der Waals surface area contributed by atoms with Crippen molar-refractivity contribution in [2.45, 2.75) is 174 Å². The van der Waals surface area contributed by atoms with Gasteiger partial charge in [0.05, 0.1) is 0 Å². The minimum atomic E-state index is 0.482. The first-order chi connectivity index (χ1) is 18.3. The second kappa shape index (κ2) is 32.7. The van der Waals surface area contributed by atoms with E-state index >= 15 is 0 Å². The summed E-state index contributed by atoms with van der Waals surface area (Å²) in [5.74, 6) is 0.482. The molecule has 214 valence electrons. The molecule has 0 saturated heterocycles. The third-order valence-electron chi connectivity index (χ3n) is 7.09. The molecule has 1 nitrogen and oxygen atoms in total. The lowest BCUT2D eigenvalue weighted by Gasteiger charge is -2.03. The van der Waals surface area contributed by atoms with Gasteiger partial charge < -0.3 is 0 Å². The lowest BCUT2D eigenvalue weighted by molar-refractivity contribution is -0.119. The van der Waals surface area contributed by atoms with Crippen LogP contribution in [0, 0.1) is 0 Å². The lowest BCUT2D eigenvalue weighted by atomic mass is 10.0. The monoisotopic (exact) mass is 512 g/mol. The fourth-order valence-electron chi connectivity index (χ4n) is 4.61. The van der Waals surface area contributed by atoms with Crippen LogP contribution in [0.25, 0.3) is 0 Å². The molecule has 0 unspecified atom stereocenters. The summed E-state index contributed by atoms with van der Waals surface area (Å²) in [5, 5.41) is 0. The van der Waals surface area contributed by atoms with Crippen LogP contribution in [0.1, 0.15) is 174 Å². The maximum absolute atomic E-state index is 12.1. The largest absolute Gasteiger partial charge is 0.300 e. The third-order valence-corrected chi connectivity index (χ3v) is 7.09. The molecule has 0 aromatic rings. The van der Waals surface area contributed by atoms with E-state index in [1.165, 1.54) is 103 Å². The van der Waals surface area contributed by atoms with Crippen molar-refractivity contribution in [1.82, 2.24) is 0 Å². The van der Waals surface area contributed by atoms with Gasteiger partial charge in [0.1, 0.15) is 5.78 Å². The molecule has 0 N–H and O–H groups in total. The Labute approximate surface area is 233 Å². The standard InChI is InChI=1S/C36H64O/c1-3-5-7-9-11-13-15-17-18-19-20-21-23-25-27-29-31-33-35-36(37)34-32-30-28-26-24-22-16-14-12-10-8-6-4-2/h11,13,17-18,20-21,25,27H,3-10,12,14-16,19,22-24,26,28-35H2,1-2H3. The average Bonchev–Trinajstić information content (AvgIpc) is 2.90. The van der Waals surface area contributed by atoms with Crippen LogP contribution >= 0.6 is 0 Å². The van der Waals surface area contributed by atoms with Crippen LogP contribution in [0.3, 0.4) is 0 Å². The second-order valence-corrected chi connectivity index (χ2v) is 10.9. The molecule has 0 spiro atoms. The maximum atomic E-state index is 12.1. The zero-order valence-electron chi connectivity index (χ0n) is 25.2. The molecule has 0 saturated carbocycles. The van der Waals surface area contributed by atoms with Gasteiger partial charge in [-0.3, -0.25) is 4.79 Å². The number of hydrogen-bond acceptors (Lipinski definition) is 1. The minimum Gasteiger partial charge on any atom is -0.300 e. The summed E-state index contributed by atoms with van der Waals surface area (Å²) in [6.07, 6.45) is 49.1. The Balaban J connectivity index is 3.36. The number of carbonyl (C=O) groups excluding carboxylic acids is 1. The van der Waals surface area contributed by atoms with E-state index in [0.717, 1.165) is 57.8 Å². The predicted molar refractivity (Wildman–Crippen MR) is 168 cm³/mol. The SMILES string of the molecule is CCCCCC=CCC=CCC=CCC=CCCCCC(=O)CCCCCCCCCCCCCCC. The highest BCUT2D eigenvalue weighted by molar-refractivity contribution is 5.78. The first-order valence-corrected chi connectivity index (χ1v) is 16.4. The Morgan fingerprint density at radius 1 is 0.378 bits per heavy atom. The summed E-state index contributed by atoms with van der Waals surface area (Å²) in [5.41, 5.74) is 0. The summed E-state index contributed by atoms with van der Waals surface area (Å²) in [7, 11) is 0. The van der Waals surface area contributed by atoms with Crippen LogP contribution in [0.5, 0.6) is 0 Å². The van der Waals surface area contributed by atoms with E-state index in [1.807, 2.05) is 0 Å². The summed E-state index contributed by atoms with van der Waals surface area (Å²) < 4.78 is 0. The highest BCUT2D eigenvalue weighted by Crippen LogP contribution is 2.14. The summed E-state index contributed by atoms with van der Waals surface area (Å²) in [6.45, 7) is 4.54. The highest BCUT2D eigenvalue weighted by atomic mass is 16.1. The third kappa shape index (κ3) is 32.6. The number of hydrogen-bond donors (Lipinski definition) is 0. The molecule has 0 aliphatic carbocycles. The van der Waals surface area contributed by atoms with Gasteiger partial charge in [-0.15, -0.1) is 0 Å². The van der Waals surface area contributed by atoms with Crippen LogP contribution in [0.15, 0.2) is 48.6 Å². The molecule has 0 aliphatic rings. The smallest absolute Gasteiger partial charge is 0.132 e. The van der Waals surface area contributed by atoms with Crippen molar-refractivity contribution < 1.29 is 4.79 Å². The van der Waals surface area contributed by atoms with Gasteiger partial charge >= 0.3 is 0 Å². The van der Waals surface area contributed by atoms with Gasteiger partial charge in [0.15, 0.2) is 0 Å². The molecule has 0 rings (SSSR count). The summed E-state index contributed by atoms with van der Waals surface area (Å²) >= 11 is 0. The van der Waals surface area contributed by atoms with E-state index in [4.69, 9.17) is 0 Å². The van der Waals surface area contributed by atoms with E-state index in [9.17, 15) is 4.79 Å². The first-order valence-electron chi connectivity index (χ1n) is 16.4. The lowest BCUT2D eigenvalue weighted by Crippen LogP contribution is -1.97. The molecule has 37 heavy (non-hydrogen) atoms. The van der Waals surface area contributed by atoms with E-state index < -0.39 is 0 Å². The molecule has 0 aromatic heterocycles. The van der Waals surface area contributed by atoms with E-state index in [-0.39, 0.29) is 0 Å². The molecular formula is C36H64O. The van der Waals surface area contributed by atoms with Gasteiger partial charge in [-0.25, -0.2) is 0 Å². The van der Waals surface area contributed by atoms with Gasteiger partial charge in [0.2, 0.25) is 0 Å². The molecular weight excluding hydrogens is 448 g/mol. The quantitative estimate of drug-likeness (QED) is 0.0719. The van der Waals surface area contributed by atoms with Crippen molar-refractivity contribution in [2.24, 2.45) is 0 Å². The van der Waals surface area contributed by atoms with Gasteiger partial charge in [0.25, 0.3) is 0 Å². The van der Waals surface area contributed by atoms with Crippen LogP contribution in [-0.4, -0.2) is 5.78 Å². The van der Waals surface area contributed by atoms with Gasteiger partial charge in [0, 0.05) is 12.8 Å². The molecule has 0 aliphatic heterocycles. The number of rotatable bonds is 29.